The van der Waals surface area contributed by atoms with Gasteiger partial charge in [-0.25, -0.2) is 0 Å². The highest BCUT2D eigenvalue weighted by molar-refractivity contribution is 6.01. The van der Waals surface area contributed by atoms with E-state index in [-0.39, 0.29) is 17.9 Å². The van der Waals surface area contributed by atoms with E-state index in [1.165, 1.54) is 6.42 Å². The Labute approximate surface area is 159 Å². The zero-order valence-corrected chi connectivity index (χ0v) is 16.2. The van der Waals surface area contributed by atoms with Crippen molar-refractivity contribution in [3.8, 4) is 0 Å². The van der Waals surface area contributed by atoms with Crippen LogP contribution in [0.3, 0.4) is 0 Å². The number of anilines is 1. The largest absolute Gasteiger partial charge is 0.481 e. The van der Waals surface area contributed by atoms with E-state index in [0.717, 1.165) is 25.7 Å². The van der Waals surface area contributed by atoms with E-state index in [1.54, 1.807) is 38.1 Å². The van der Waals surface area contributed by atoms with Crippen LogP contribution in [0.1, 0.15) is 56.3 Å². The van der Waals surface area contributed by atoms with Gasteiger partial charge < -0.3 is 15.3 Å². The van der Waals surface area contributed by atoms with E-state index in [1.807, 2.05) is 11.9 Å². The highest BCUT2D eigenvalue weighted by Gasteiger charge is 2.65. The van der Waals surface area contributed by atoms with Crippen molar-refractivity contribution in [3.63, 3.8) is 0 Å². The molecule has 2 fully saturated rings. The van der Waals surface area contributed by atoms with Crippen molar-refractivity contribution in [2.45, 2.75) is 52.0 Å². The van der Waals surface area contributed by atoms with Crippen LogP contribution in [0.2, 0.25) is 0 Å². The molecule has 0 spiro atoms. The summed E-state index contributed by atoms with van der Waals surface area (Å²) in [6.07, 6.45) is 5.60. The average molecular weight is 372 g/mol. The summed E-state index contributed by atoms with van der Waals surface area (Å²) in [4.78, 5) is 38.4. The number of benzene rings is 1. The quantitative estimate of drug-likeness (QED) is 0.829. The zero-order chi connectivity index (χ0) is 19.8. The molecule has 2 amide bonds. The first-order valence-electron chi connectivity index (χ1n) is 9.64. The summed E-state index contributed by atoms with van der Waals surface area (Å²) in [5.41, 5.74) is 0.505. The maximum Gasteiger partial charge on any atom is 0.307 e. The van der Waals surface area contributed by atoms with Gasteiger partial charge in [0.25, 0.3) is 5.91 Å². The number of hydrogen-bond acceptors (Lipinski definition) is 3. The molecule has 0 unspecified atom stereocenters. The predicted octanol–water partition coefficient (Wildman–Crippen LogP) is 3.39. The molecular weight excluding hydrogens is 344 g/mol. The third kappa shape index (κ3) is 3.84. The van der Waals surface area contributed by atoms with Crippen molar-refractivity contribution in [1.29, 1.82) is 0 Å². The normalized spacial score (nSPS) is 24.1. The summed E-state index contributed by atoms with van der Waals surface area (Å²) in [5.74, 6) is -2.52. The van der Waals surface area contributed by atoms with E-state index in [4.69, 9.17) is 0 Å². The fourth-order valence-corrected chi connectivity index (χ4v) is 4.38. The molecule has 0 saturated heterocycles. The van der Waals surface area contributed by atoms with Gasteiger partial charge in [0.1, 0.15) is 0 Å². The fraction of sp³-hybridized carbons (Fsp3) is 0.571. The van der Waals surface area contributed by atoms with Crippen LogP contribution in [0.4, 0.5) is 5.69 Å². The lowest BCUT2D eigenvalue weighted by Crippen LogP contribution is -2.38. The molecule has 1 aromatic carbocycles. The Bertz CT molecular complexity index is 752. The number of nitrogens with one attached hydrogen (secondary N) is 1. The Morgan fingerprint density at radius 3 is 2.37 bits per heavy atom. The van der Waals surface area contributed by atoms with Gasteiger partial charge >= 0.3 is 5.97 Å². The number of amides is 2. The highest BCUT2D eigenvalue weighted by Crippen LogP contribution is 2.58. The monoisotopic (exact) mass is 372 g/mol. The SMILES string of the molecule is CN(C(=O)c1cccc(NC(=O)[C@@H]2[C@@H](C(=O)O)C2(C)C)c1)C1CCCCC1. The van der Waals surface area contributed by atoms with Crippen LogP contribution in [0.15, 0.2) is 24.3 Å². The molecule has 1 aromatic rings. The van der Waals surface area contributed by atoms with Crippen LogP contribution in [0.25, 0.3) is 0 Å². The predicted molar refractivity (Wildman–Crippen MR) is 102 cm³/mol. The second-order valence-corrected chi connectivity index (χ2v) is 8.39. The van der Waals surface area contributed by atoms with Gasteiger partial charge in [0.2, 0.25) is 5.91 Å². The van der Waals surface area contributed by atoms with E-state index >= 15 is 0 Å². The lowest BCUT2D eigenvalue weighted by molar-refractivity contribution is -0.140. The molecule has 2 N–H and O–H groups in total. The molecule has 3 rings (SSSR count). The molecule has 0 radical (unpaired) electrons. The second-order valence-electron chi connectivity index (χ2n) is 8.39. The van der Waals surface area contributed by atoms with Crippen LogP contribution in [0.5, 0.6) is 0 Å². The first kappa shape index (κ1) is 19.4. The van der Waals surface area contributed by atoms with Crippen LogP contribution < -0.4 is 5.32 Å². The summed E-state index contributed by atoms with van der Waals surface area (Å²) < 4.78 is 0. The average Bonchev–Trinajstić information content (AvgIpc) is 3.24. The molecule has 2 aliphatic rings. The number of nitrogens with zero attached hydrogens (tertiary/aromatic N) is 1. The maximum absolute atomic E-state index is 12.8. The minimum Gasteiger partial charge on any atom is -0.481 e. The van der Waals surface area contributed by atoms with Crippen molar-refractivity contribution in [3.05, 3.63) is 29.8 Å². The molecule has 0 bridgehead atoms. The molecule has 0 aliphatic heterocycles. The molecule has 6 nitrogen and oxygen atoms in total. The lowest BCUT2D eigenvalue weighted by Gasteiger charge is -2.31. The molecule has 0 heterocycles. The van der Waals surface area contributed by atoms with Crippen molar-refractivity contribution in [2.75, 3.05) is 12.4 Å². The third-order valence-electron chi connectivity index (χ3n) is 6.20. The standard InChI is InChI=1S/C21H28N2O4/c1-21(2)16(17(21)20(26)27)18(24)22-14-9-7-8-13(12-14)19(25)23(3)15-10-5-4-6-11-15/h7-9,12,15-17H,4-6,10-11H2,1-3H3,(H,22,24)(H,26,27)/t16-,17-/m0/s1. The van der Waals surface area contributed by atoms with Crippen molar-refractivity contribution in [2.24, 2.45) is 17.3 Å². The molecule has 2 atom stereocenters. The molecule has 27 heavy (non-hydrogen) atoms. The van der Waals surface area contributed by atoms with Crippen molar-refractivity contribution >= 4 is 23.5 Å². The Morgan fingerprint density at radius 1 is 1.11 bits per heavy atom. The van der Waals surface area contributed by atoms with Gasteiger partial charge in [0, 0.05) is 24.3 Å². The van der Waals surface area contributed by atoms with Gasteiger partial charge in [-0.3, -0.25) is 14.4 Å². The number of carbonyl (C=O) groups is 3. The van der Waals surface area contributed by atoms with E-state index < -0.39 is 23.2 Å². The van der Waals surface area contributed by atoms with Crippen LogP contribution in [0, 0.1) is 17.3 Å². The fourth-order valence-electron chi connectivity index (χ4n) is 4.38. The number of rotatable bonds is 5. The topological polar surface area (TPSA) is 86.7 Å². The minimum absolute atomic E-state index is 0.0480. The van der Waals surface area contributed by atoms with Crippen LogP contribution >= 0.6 is 0 Å². The highest BCUT2D eigenvalue weighted by atomic mass is 16.4. The summed E-state index contributed by atoms with van der Waals surface area (Å²) >= 11 is 0. The number of hydrogen-bond donors (Lipinski definition) is 2. The minimum atomic E-state index is -0.946. The zero-order valence-electron chi connectivity index (χ0n) is 16.2. The first-order chi connectivity index (χ1) is 12.7. The van der Waals surface area contributed by atoms with Gasteiger partial charge in [-0.2, -0.15) is 0 Å². The summed E-state index contributed by atoms with van der Waals surface area (Å²) in [7, 11) is 1.84. The number of aliphatic carboxylic acids is 1. The lowest BCUT2D eigenvalue weighted by atomic mass is 9.94. The van der Waals surface area contributed by atoms with Gasteiger partial charge in [-0.1, -0.05) is 39.2 Å². The molecule has 146 valence electrons. The molecule has 2 saturated carbocycles. The molecule has 0 aromatic heterocycles. The third-order valence-corrected chi connectivity index (χ3v) is 6.20. The number of carboxylic acid groups (broad SMARTS) is 1. The Morgan fingerprint density at radius 2 is 1.78 bits per heavy atom. The summed E-state index contributed by atoms with van der Waals surface area (Å²) in [6.45, 7) is 3.57. The van der Waals surface area contributed by atoms with E-state index in [0.29, 0.717) is 11.3 Å². The van der Waals surface area contributed by atoms with Crippen molar-refractivity contribution in [1.82, 2.24) is 4.90 Å². The smallest absolute Gasteiger partial charge is 0.307 e. The Hall–Kier alpha value is -2.37. The maximum atomic E-state index is 12.8. The van der Waals surface area contributed by atoms with Gasteiger partial charge in [0.15, 0.2) is 0 Å². The van der Waals surface area contributed by atoms with Gasteiger partial charge in [0.05, 0.1) is 11.8 Å². The number of carboxylic acids is 1. The summed E-state index contributed by atoms with van der Waals surface area (Å²) in [6, 6.07) is 7.15. The first-order valence-corrected chi connectivity index (χ1v) is 9.64. The molecule has 6 heteroatoms. The van der Waals surface area contributed by atoms with E-state index in [9.17, 15) is 19.5 Å². The van der Waals surface area contributed by atoms with Gasteiger partial charge in [-0.15, -0.1) is 0 Å². The van der Waals surface area contributed by atoms with Crippen LogP contribution in [-0.4, -0.2) is 40.9 Å². The Kier molecular flexibility index (Phi) is 5.27. The molecule has 2 aliphatic carbocycles. The number of carbonyl (C=O) groups excluding carboxylic acids is 2. The second kappa shape index (κ2) is 7.33. The summed E-state index contributed by atoms with van der Waals surface area (Å²) in [5, 5.41) is 12.0. The molecular formula is C21H28N2O4. The van der Waals surface area contributed by atoms with Gasteiger partial charge in [-0.05, 0) is 36.5 Å². The van der Waals surface area contributed by atoms with E-state index in [2.05, 4.69) is 5.32 Å². The van der Waals surface area contributed by atoms with Crippen LogP contribution in [-0.2, 0) is 9.59 Å². The Balaban J connectivity index is 1.68. The van der Waals surface area contributed by atoms with Crippen molar-refractivity contribution < 1.29 is 19.5 Å².